The van der Waals surface area contributed by atoms with E-state index in [-0.39, 0.29) is 17.6 Å². The Hall–Kier alpha value is -2.03. The summed E-state index contributed by atoms with van der Waals surface area (Å²) in [5.41, 5.74) is 4.52. The highest BCUT2D eigenvalue weighted by Gasteiger charge is 2.10. The zero-order valence-corrected chi connectivity index (χ0v) is 12.3. The lowest BCUT2D eigenvalue weighted by Crippen LogP contribution is -2.08. The molecule has 1 unspecified atom stereocenters. The standard InChI is InChI=1S/C17H20FNO/c1-11-5-8-16(12(2)9-11)19-13(3)14-6-7-15(18)17(10-14)20-4/h5-10,13,19H,1-4H3. The van der Waals surface area contributed by atoms with Crippen molar-refractivity contribution in [2.75, 3.05) is 12.4 Å². The van der Waals surface area contributed by atoms with Crippen LogP contribution >= 0.6 is 0 Å². The molecule has 0 bridgehead atoms. The molecule has 20 heavy (non-hydrogen) atoms. The lowest BCUT2D eigenvalue weighted by molar-refractivity contribution is 0.385. The van der Waals surface area contributed by atoms with Crippen molar-refractivity contribution in [1.29, 1.82) is 0 Å². The predicted molar refractivity (Wildman–Crippen MR) is 80.9 cm³/mol. The van der Waals surface area contributed by atoms with Gasteiger partial charge in [0.2, 0.25) is 0 Å². The fraction of sp³-hybridized carbons (Fsp3) is 0.294. The number of anilines is 1. The van der Waals surface area contributed by atoms with E-state index < -0.39 is 0 Å². The van der Waals surface area contributed by atoms with E-state index in [9.17, 15) is 4.39 Å². The van der Waals surface area contributed by atoms with Crippen LogP contribution < -0.4 is 10.1 Å². The molecule has 0 saturated heterocycles. The van der Waals surface area contributed by atoms with E-state index in [2.05, 4.69) is 37.4 Å². The van der Waals surface area contributed by atoms with Crippen LogP contribution in [-0.4, -0.2) is 7.11 Å². The van der Waals surface area contributed by atoms with Crippen LogP contribution in [0.5, 0.6) is 5.75 Å². The summed E-state index contributed by atoms with van der Waals surface area (Å²) < 4.78 is 18.4. The number of aryl methyl sites for hydroxylation is 2. The Morgan fingerprint density at radius 2 is 1.85 bits per heavy atom. The van der Waals surface area contributed by atoms with E-state index in [1.807, 2.05) is 6.92 Å². The fourth-order valence-electron chi connectivity index (χ4n) is 2.24. The fourth-order valence-corrected chi connectivity index (χ4v) is 2.24. The maximum Gasteiger partial charge on any atom is 0.165 e. The Labute approximate surface area is 119 Å². The van der Waals surface area contributed by atoms with Crippen molar-refractivity contribution in [3.05, 3.63) is 58.9 Å². The van der Waals surface area contributed by atoms with Gasteiger partial charge in [-0.1, -0.05) is 23.8 Å². The topological polar surface area (TPSA) is 21.3 Å². The Morgan fingerprint density at radius 1 is 1.10 bits per heavy atom. The molecule has 2 aromatic rings. The number of benzene rings is 2. The number of hydrogen-bond donors (Lipinski definition) is 1. The Bertz CT molecular complexity index is 610. The molecule has 0 aliphatic rings. The van der Waals surface area contributed by atoms with Crippen LogP contribution in [0.25, 0.3) is 0 Å². The third kappa shape index (κ3) is 3.10. The van der Waals surface area contributed by atoms with Crippen LogP contribution in [0.2, 0.25) is 0 Å². The van der Waals surface area contributed by atoms with Crippen LogP contribution in [-0.2, 0) is 0 Å². The zero-order valence-electron chi connectivity index (χ0n) is 12.3. The molecule has 0 aliphatic carbocycles. The van der Waals surface area contributed by atoms with Gasteiger partial charge >= 0.3 is 0 Å². The first kappa shape index (κ1) is 14.4. The highest BCUT2D eigenvalue weighted by molar-refractivity contribution is 5.53. The van der Waals surface area contributed by atoms with E-state index in [0.29, 0.717) is 0 Å². The Balaban J connectivity index is 2.21. The molecule has 0 amide bonds. The van der Waals surface area contributed by atoms with Gasteiger partial charge in [0.15, 0.2) is 11.6 Å². The summed E-state index contributed by atoms with van der Waals surface area (Å²) in [6.45, 7) is 6.20. The van der Waals surface area contributed by atoms with Crippen molar-refractivity contribution < 1.29 is 9.13 Å². The minimum absolute atomic E-state index is 0.0749. The van der Waals surface area contributed by atoms with Crippen LogP contribution in [0, 0.1) is 19.7 Å². The number of ether oxygens (including phenoxy) is 1. The third-order valence-electron chi connectivity index (χ3n) is 3.43. The molecule has 106 valence electrons. The Morgan fingerprint density at radius 3 is 2.50 bits per heavy atom. The van der Waals surface area contributed by atoms with E-state index in [1.54, 1.807) is 12.1 Å². The van der Waals surface area contributed by atoms with Crippen molar-refractivity contribution in [2.45, 2.75) is 26.8 Å². The summed E-state index contributed by atoms with van der Waals surface area (Å²) in [6, 6.07) is 11.3. The summed E-state index contributed by atoms with van der Waals surface area (Å²) in [4.78, 5) is 0. The monoisotopic (exact) mass is 273 g/mol. The lowest BCUT2D eigenvalue weighted by Gasteiger charge is -2.18. The van der Waals surface area contributed by atoms with Crippen LogP contribution in [0.15, 0.2) is 36.4 Å². The average molecular weight is 273 g/mol. The number of halogens is 1. The molecule has 0 fully saturated rings. The van der Waals surface area contributed by atoms with Crippen molar-refractivity contribution in [1.82, 2.24) is 0 Å². The van der Waals surface area contributed by atoms with Crippen molar-refractivity contribution in [2.24, 2.45) is 0 Å². The summed E-state index contributed by atoms with van der Waals surface area (Å²) in [7, 11) is 1.48. The SMILES string of the molecule is COc1cc(C(C)Nc2ccc(C)cc2C)ccc1F. The molecule has 1 atom stereocenters. The van der Waals surface area contributed by atoms with Gasteiger partial charge in [0.25, 0.3) is 0 Å². The van der Waals surface area contributed by atoms with Crippen molar-refractivity contribution >= 4 is 5.69 Å². The molecule has 0 heterocycles. The molecule has 2 rings (SSSR count). The maximum atomic E-state index is 13.4. The number of hydrogen-bond acceptors (Lipinski definition) is 2. The van der Waals surface area contributed by atoms with Gasteiger partial charge in [-0.25, -0.2) is 4.39 Å². The molecule has 1 N–H and O–H groups in total. The number of methoxy groups -OCH3 is 1. The summed E-state index contributed by atoms with van der Waals surface area (Å²) in [5, 5.41) is 3.45. The van der Waals surface area contributed by atoms with Crippen LogP contribution in [0.1, 0.15) is 29.7 Å². The molecular weight excluding hydrogens is 253 g/mol. The van der Waals surface area contributed by atoms with Gasteiger partial charge in [0, 0.05) is 11.7 Å². The normalized spacial score (nSPS) is 12.1. The second-order valence-electron chi connectivity index (χ2n) is 5.08. The molecule has 0 saturated carbocycles. The van der Waals surface area contributed by atoms with Gasteiger partial charge < -0.3 is 10.1 Å². The van der Waals surface area contributed by atoms with Gasteiger partial charge in [0.05, 0.1) is 7.11 Å². The zero-order chi connectivity index (χ0) is 14.7. The quantitative estimate of drug-likeness (QED) is 0.877. The van der Waals surface area contributed by atoms with E-state index in [1.165, 1.54) is 24.3 Å². The highest BCUT2D eigenvalue weighted by atomic mass is 19.1. The average Bonchev–Trinajstić information content (AvgIpc) is 2.42. The molecule has 2 aromatic carbocycles. The van der Waals surface area contributed by atoms with E-state index in [0.717, 1.165) is 11.3 Å². The first-order chi connectivity index (χ1) is 9.51. The molecule has 3 heteroatoms. The molecule has 2 nitrogen and oxygen atoms in total. The van der Waals surface area contributed by atoms with Crippen LogP contribution in [0.4, 0.5) is 10.1 Å². The molecular formula is C17H20FNO. The van der Waals surface area contributed by atoms with Gasteiger partial charge in [-0.15, -0.1) is 0 Å². The Kier molecular flexibility index (Phi) is 4.28. The largest absolute Gasteiger partial charge is 0.494 e. The second-order valence-corrected chi connectivity index (χ2v) is 5.08. The maximum absolute atomic E-state index is 13.4. The second kappa shape index (κ2) is 5.95. The van der Waals surface area contributed by atoms with Crippen molar-refractivity contribution in [3.63, 3.8) is 0 Å². The van der Waals surface area contributed by atoms with Gasteiger partial charge in [-0.05, 0) is 50.1 Å². The van der Waals surface area contributed by atoms with Crippen LogP contribution in [0.3, 0.4) is 0 Å². The summed E-state index contributed by atoms with van der Waals surface area (Å²) in [5.74, 6) is -0.0632. The molecule has 0 spiro atoms. The minimum Gasteiger partial charge on any atom is -0.494 e. The summed E-state index contributed by atoms with van der Waals surface area (Å²) >= 11 is 0. The molecule has 0 aromatic heterocycles. The predicted octanol–water partition coefficient (Wildman–Crippen LogP) is 4.62. The molecule has 0 radical (unpaired) electrons. The number of nitrogens with one attached hydrogen (secondary N) is 1. The first-order valence-corrected chi connectivity index (χ1v) is 6.68. The van der Waals surface area contributed by atoms with E-state index in [4.69, 9.17) is 4.74 Å². The van der Waals surface area contributed by atoms with E-state index >= 15 is 0 Å². The first-order valence-electron chi connectivity index (χ1n) is 6.68. The minimum atomic E-state index is -0.338. The highest BCUT2D eigenvalue weighted by Crippen LogP contribution is 2.26. The van der Waals surface area contributed by atoms with Gasteiger partial charge in [-0.2, -0.15) is 0 Å². The summed E-state index contributed by atoms with van der Waals surface area (Å²) in [6.07, 6.45) is 0. The number of rotatable bonds is 4. The van der Waals surface area contributed by atoms with Gasteiger partial charge in [-0.3, -0.25) is 0 Å². The smallest absolute Gasteiger partial charge is 0.165 e. The molecule has 0 aliphatic heterocycles. The van der Waals surface area contributed by atoms with Crippen molar-refractivity contribution in [3.8, 4) is 5.75 Å². The lowest BCUT2D eigenvalue weighted by atomic mass is 10.1. The third-order valence-corrected chi connectivity index (χ3v) is 3.43. The van der Waals surface area contributed by atoms with Gasteiger partial charge in [0.1, 0.15) is 0 Å².